The number of benzene rings is 3. The highest BCUT2D eigenvalue weighted by atomic mass is 19.1. The van der Waals surface area contributed by atoms with Gasteiger partial charge in [-0.2, -0.15) is 15.3 Å². The molecule has 0 unspecified atom stereocenters. The molecule has 0 fully saturated rings. The van der Waals surface area contributed by atoms with Crippen molar-refractivity contribution in [3.8, 4) is 28.6 Å². The van der Waals surface area contributed by atoms with Gasteiger partial charge in [-0.05, 0) is 61.6 Å². The van der Waals surface area contributed by atoms with E-state index in [1.807, 2.05) is 56.3 Å². The van der Waals surface area contributed by atoms with Crippen molar-refractivity contribution in [3.05, 3.63) is 112 Å². The van der Waals surface area contributed by atoms with Gasteiger partial charge in [0.1, 0.15) is 6.33 Å². The van der Waals surface area contributed by atoms with Crippen LogP contribution in [0.3, 0.4) is 0 Å². The van der Waals surface area contributed by atoms with Crippen molar-refractivity contribution in [1.29, 1.82) is 5.26 Å². The van der Waals surface area contributed by atoms with E-state index >= 15 is 0 Å². The van der Waals surface area contributed by atoms with E-state index in [0.717, 1.165) is 35.2 Å². The van der Waals surface area contributed by atoms with Crippen LogP contribution in [-0.4, -0.2) is 25.3 Å². The molecule has 0 saturated carbocycles. The molecule has 0 N–H and O–H groups in total. The highest BCUT2D eigenvalue weighted by Crippen LogP contribution is 2.26. The van der Waals surface area contributed by atoms with E-state index in [-0.39, 0.29) is 17.4 Å². The fourth-order valence-electron chi connectivity index (χ4n) is 4.88. The lowest BCUT2D eigenvalue weighted by Gasteiger charge is -2.17. The average Bonchev–Trinajstić information content (AvgIpc) is 3.43. The summed E-state index contributed by atoms with van der Waals surface area (Å²) in [5, 5.41) is 13.9. The topological polar surface area (TPSA) is 85.2 Å². The van der Waals surface area contributed by atoms with Gasteiger partial charge in [0, 0.05) is 18.1 Å². The van der Waals surface area contributed by atoms with Crippen LogP contribution in [0.25, 0.3) is 22.6 Å². The Morgan fingerprint density at radius 2 is 1.85 bits per heavy atom. The van der Waals surface area contributed by atoms with Crippen LogP contribution in [0.5, 0.6) is 5.75 Å². The molecule has 2 heterocycles. The summed E-state index contributed by atoms with van der Waals surface area (Å²) in [6, 6.07) is 22.1. The number of hydrogen-bond donors (Lipinski definition) is 0. The number of halogens is 1. The molecule has 0 aliphatic heterocycles. The first-order chi connectivity index (χ1) is 19.4. The summed E-state index contributed by atoms with van der Waals surface area (Å²) in [4.78, 5) is 18.5. The summed E-state index contributed by atoms with van der Waals surface area (Å²) in [7, 11) is 0. The maximum absolute atomic E-state index is 15.0. The molecular formula is C32H30FN5O2. The molecule has 0 aliphatic rings. The van der Waals surface area contributed by atoms with Gasteiger partial charge in [-0.15, -0.1) is 0 Å². The quantitative estimate of drug-likeness (QED) is 0.222. The van der Waals surface area contributed by atoms with Crippen molar-refractivity contribution in [2.75, 3.05) is 0 Å². The van der Waals surface area contributed by atoms with E-state index < -0.39 is 5.82 Å². The van der Waals surface area contributed by atoms with Gasteiger partial charge >= 0.3 is 0 Å². The molecule has 0 radical (unpaired) electrons. The summed E-state index contributed by atoms with van der Waals surface area (Å²) >= 11 is 0. The van der Waals surface area contributed by atoms with Crippen LogP contribution in [0.1, 0.15) is 56.0 Å². The number of unbranched alkanes of at least 4 members (excludes halogenated alkanes) is 1. The highest BCUT2D eigenvalue weighted by Gasteiger charge is 2.21. The molecule has 0 amide bonds. The smallest absolute Gasteiger partial charge is 0.263 e. The minimum atomic E-state index is -0.555. The van der Waals surface area contributed by atoms with Gasteiger partial charge < -0.3 is 4.74 Å². The Morgan fingerprint density at radius 1 is 1.07 bits per heavy atom. The summed E-state index contributed by atoms with van der Waals surface area (Å²) < 4.78 is 23.6. The summed E-state index contributed by atoms with van der Waals surface area (Å²) in [5.74, 6) is -0.0945. The molecule has 0 spiro atoms. The zero-order valence-corrected chi connectivity index (χ0v) is 22.8. The number of hydrogen-bond acceptors (Lipinski definition) is 5. The Kier molecular flexibility index (Phi) is 7.74. The first-order valence-electron chi connectivity index (χ1n) is 13.4. The van der Waals surface area contributed by atoms with Crippen molar-refractivity contribution in [2.24, 2.45) is 0 Å². The molecule has 8 heteroatoms. The van der Waals surface area contributed by atoms with E-state index in [0.29, 0.717) is 35.4 Å². The fraction of sp³-hybridized carbons (Fsp3) is 0.250. The predicted octanol–water partition coefficient (Wildman–Crippen LogP) is 6.28. The second-order valence-corrected chi connectivity index (χ2v) is 9.95. The van der Waals surface area contributed by atoms with Gasteiger partial charge in [-0.3, -0.25) is 4.79 Å². The van der Waals surface area contributed by atoms with E-state index in [2.05, 4.69) is 23.1 Å². The fourth-order valence-corrected chi connectivity index (χ4v) is 4.88. The molecule has 3 aromatic carbocycles. The van der Waals surface area contributed by atoms with Crippen LogP contribution in [0.2, 0.25) is 0 Å². The second kappa shape index (κ2) is 11.5. The van der Waals surface area contributed by atoms with Crippen molar-refractivity contribution in [1.82, 2.24) is 19.2 Å². The SMILES string of the molecule is CCCCc1c(Cc2ccc(-c3ccccc3C#N)cc2)c(=O)n(-c2ccc(OC(C)C)c(F)c2)c2ncnn12. The monoisotopic (exact) mass is 535 g/mol. The van der Waals surface area contributed by atoms with Crippen molar-refractivity contribution >= 4 is 5.78 Å². The molecule has 5 rings (SSSR count). The molecule has 0 atom stereocenters. The Hall–Kier alpha value is -4.77. The third-order valence-corrected chi connectivity index (χ3v) is 6.79. The zero-order valence-electron chi connectivity index (χ0n) is 22.8. The van der Waals surface area contributed by atoms with Crippen LogP contribution in [0.4, 0.5) is 4.39 Å². The summed E-state index contributed by atoms with van der Waals surface area (Å²) in [6.45, 7) is 5.75. The van der Waals surface area contributed by atoms with Crippen LogP contribution >= 0.6 is 0 Å². The number of nitrogens with zero attached hydrogens (tertiary/aromatic N) is 5. The maximum Gasteiger partial charge on any atom is 0.263 e. The van der Waals surface area contributed by atoms with Crippen LogP contribution in [0.15, 0.2) is 77.9 Å². The molecule has 2 aromatic heterocycles. The molecule has 0 bridgehead atoms. The van der Waals surface area contributed by atoms with Crippen molar-refractivity contribution < 1.29 is 9.13 Å². The van der Waals surface area contributed by atoms with Gasteiger partial charge in [-0.1, -0.05) is 55.8 Å². The number of fused-ring (bicyclic) bond motifs is 1. The van der Waals surface area contributed by atoms with Gasteiger partial charge in [0.25, 0.3) is 5.56 Å². The van der Waals surface area contributed by atoms with Crippen LogP contribution in [0, 0.1) is 17.1 Å². The Balaban J connectivity index is 1.61. The van der Waals surface area contributed by atoms with E-state index in [9.17, 15) is 14.4 Å². The Bertz CT molecular complexity index is 1760. The molecular weight excluding hydrogens is 505 g/mol. The lowest BCUT2D eigenvalue weighted by molar-refractivity contribution is 0.231. The van der Waals surface area contributed by atoms with Crippen LogP contribution in [-0.2, 0) is 12.8 Å². The number of rotatable bonds is 9. The number of ether oxygens (including phenoxy) is 1. The van der Waals surface area contributed by atoms with Gasteiger partial charge in [-0.25, -0.2) is 13.5 Å². The third-order valence-electron chi connectivity index (χ3n) is 6.79. The third kappa shape index (κ3) is 5.23. The first-order valence-corrected chi connectivity index (χ1v) is 13.4. The lowest BCUT2D eigenvalue weighted by Crippen LogP contribution is -2.28. The number of nitriles is 1. The lowest BCUT2D eigenvalue weighted by atomic mass is 9.97. The summed E-state index contributed by atoms with van der Waals surface area (Å²) in [6.07, 6.45) is 4.09. The Labute approximate surface area is 232 Å². The zero-order chi connectivity index (χ0) is 28.2. The highest BCUT2D eigenvalue weighted by molar-refractivity contribution is 5.70. The van der Waals surface area contributed by atoms with Crippen molar-refractivity contribution in [2.45, 2.75) is 52.6 Å². The van der Waals surface area contributed by atoms with E-state index in [1.165, 1.54) is 23.0 Å². The van der Waals surface area contributed by atoms with Gasteiger partial charge in [0.2, 0.25) is 5.78 Å². The van der Waals surface area contributed by atoms with E-state index in [4.69, 9.17) is 4.74 Å². The van der Waals surface area contributed by atoms with Crippen molar-refractivity contribution in [3.63, 3.8) is 0 Å². The molecule has 5 aromatic rings. The molecule has 40 heavy (non-hydrogen) atoms. The van der Waals surface area contributed by atoms with Gasteiger partial charge in [0.05, 0.1) is 29.1 Å². The molecule has 202 valence electrons. The number of aromatic nitrogens is 4. The standard InChI is InChI=1S/C32H30FN5O2/c1-4-5-10-29-27(17-22-11-13-23(14-12-22)26-9-7-6-8-24(26)19-34)31(39)37(32-35-20-36-38(29)32)25-15-16-30(28(33)18-25)40-21(2)3/h6-9,11-16,18,20-21H,4-5,10,17H2,1-3H3. The first kappa shape index (κ1) is 26.8. The normalized spacial score (nSPS) is 11.2. The minimum absolute atomic E-state index is 0.127. The average molecular weight is 536 g/mol. The second-order valence-electron chi connectivity index (χ2n) is 9.95. The van der Waals surface area contributed by atoms with Crippen LogP contribution < -0.4 is 10.3 Å². The van der Waals surface area contributed by atoms with E-state index in [1.54, 1.807) is 16.6 Å². The predicted molar refractivity (Wildman–Crippen MR) is 152 cm³/mol. The van der Waals surface area contributed by atoms with Gasteiger partial charge in [0.15, 0.2) is 11.6 Å². The minimum Gasteiger partial charge on any atom is -0.488 e. The molecule has 0 saturated heterocycles. The Morgan fingerprint density at radius 3 is 2.55 bits per heavy atom. The number of aryl methyl sites for hydroxylation is 1. The molecule has 0 aliphatic carbocycles. The maximum atomic E-state index is 15.0. The largest absolute Gasteiger partial charge is 0.488 e. The summed E-state index contributed by atoms with van der Waals surface area (Å²) in [5.41, 5.74) is 4.80. The molecule has 7 nitrogen and oxygen atoms in total.